The lowest BCUT2D eigenvalue weighted by molar-refractivity contribution is 0.867. The third-order valence-electron chi connectivity index (χ3n) is 4.41. The van der Waals surface area contributed by atoms with E-state index in [1.165, 1.54) is 16.7 Å². The molecule has 4 nitrogen and oxygen atoms in total. The van der Waals surface area contributed by atoms with Crippen LogP contribution in [0.5, 0.6) is 0 Å². The van der Waals surface area contributed by atoms with E-state index in [9.17, 15) is 0 Å². The molecule has 2 aromatic carbocycles. The van der Waals surface area contributed by atoms with Gasteiger partial charge in [-0.2, -0.15) is 0 Å². The highest BCUT2D eigenvalue weighted by atomic mass is 32.2. The Kier molecular flexibility index (Phi) is 6.59. The number of hydrogen-bond donors (Lipinski definition) is 1. The van der Waals surface area contributed by atoms with Gasteiger partial charge in [0.25, 0.3) is 0 Å². The molecule has 4 aromatic rings. The van der Waals surface area contributed by atoms with Gasteiger partial charge in [0.15, 0.2) is 4.34 Å². The lowest BCUT2D eigenvalue weighted by Crippen LogP contribution is -1.98. The fraction of sp³-hybridized carbons (Fsp3) is 0.227. The van der Waals surface area contributed by atoms with Crippen LogP contribution in [0.2, 0.25) is 0 Å². The normalized spacial score (nSPS) is 11.1. The van der Waals surface area contributed by atoms with Crippen molar-refractivity contribution in [3.8, 4) is 10.6 Å². The number of nitrogens with one attached hydrogen (secondary N) is 1. The zero-order valence-corrected chi connectivity index (χ0v) is 18.8. The molecule has 0 saturated carbocycles. The summed E-state index contributed by atoms with van der Waals surface area (Å²) in [4.78, 5) is 4.79. The smallest absolute Gasteiger partial charge is 0.206 e. The Morgan fingerprint density at radius 3 is 2.55 bits per heavy atom. The highest BCUT2D eigenvalue weighted by molar-refractivity contribution is 8.00. The largest absolute Gasteiger partial charge is 0.356 e. The van der Waals surface area contributed by atoms with E-state index >= 15 is 0 Å². The minimum atomic E-state index is 0.547. The summed E-state index contributed by atoms with van der Waals surface area (Å²) in [5.74, 6) is 1.35. The maximum absolute atomic E-state index is 4.79. The van der Waals surface area contributed by atoms with Gasteiger partial charge in [-0.25, -0.2) is 4.98 Å². The Balaban J connectivity index is 1.31. The number of benzene rings is 2. The first kappa shape index (κ1) is 20.1. The van der Waals surface area contributed by atoms with Crippen LogP contribution in [0.15, 0.2) is 64.3 Å². The molecule has 1 N–H and O–H groups in total. The summed E-state index contributed by atoms with van der Waals surface area (Å²) in [6.45, 7) is 5.18. The predicted molar refractivity (Wildman–Crippen MR) is 125 cm³/mol. The van der Waals surface area contributed by atoms with E-state index < -0.39 is 0 Å². The van der Waals surface area contributed by atoms with E-state index in [4.69, 9.17) is 4.98 Å². The van der Waals surface area contributed by atoms with E-state index in [-0.39, 0.29) is 0 Å². The average molecular weight is 439 g/mol. The number of aromatic nitrogens is 3. The van der Waals surface area contributed by atoms with Gasteiger partial charge < -0.3 is 5.32 Å². The Morgan fingerprint density at radius 2 is 1.79 bits per heavy atom. The van der Waals surface area contributed by atoms with Crippen molar-refractivity contribution in [2.24, 2.45) is 0 Å². The summed E-state index contributed by atoms with van der Waals surface area (Å²) in [6.07, 6.45) is 0. The molecule has 0 amide bonds. The van der Waals surface area contributed by atoms with Crippen LogP contribution in [0.4, 0.5) is 5.13 Å². The second kappa shape index (κ2) is 9.52. The minimum absolute atomic E-state index is 0.547. The monoisotopic (exact) mass is 438 g/mol. The maximum atomic E-state index is 4.79. The van der Waals surface area contributed by atoms with Gasteiger partial charge in [0.2, 0.25) is 5.13 Å². The van der Waals surface area contributed by atoms with Gasteiger partial charge >= 0.3 is 0 Å². The summed E-state index contributed by atoms with van der Waals surface area (Å²) in [6, 6.07) is 19.0. The van der Waals surface area contributed by atoms with Crippen LogP contribution in [0.25, 0.3) is 10.6 Å². The zero-order chi connectivity index (χ0) is 20.1. The molecule has 0 radical (unpaired) electrons. The topological polar surface area (TPSA) is 50.7 Å². The molecule has 0 saturated heterocycles. The zero-order valence-electron chi connectivity index (χ0n) is 16.3. The Hall–Kier alpha value is -2.22. The summed E-state index contributed by atoms with van der Waals surface area (Å²) in [5.41, 5.74) is 4.85. The Bertz CT molecular complexity index is 1040. The molecule has 0 aliphatic heterocycles. The number of thiazole rings is 1. The van der Waals surface area contributed by atoms with Gasteiger partial charge in [-0.1, -0.05) is 91.5 Å². The molecule has 29 heavy (non-hydrogen) atoms. The highest BCUT2D eigenvalue weighted by Crippen LogP contribution is 2.31. The Labute approximate surface area is 183 Å². The Morgan fingerprint density at radius 1 is 1.00 bits per heavy atom. The molecule has 4 rings (SSSR count). The van der Waals surface area contributed by atoms with Crippen LogP contribution in [-0.2, 0) is 12.3 Å². The van der Waals surface area contributed by atoms with Crippen molar-refractivity contribution in [2.45, 2.75) is 36.4 Å². The number of thioether (sulfide) groups is 1. The lowest BCUT2D eigenvalue weighted by atomic mass is 10.0. The average Bonchev–Trinajstić information content (AvgIpc) is 3.41. The van der Waals surface area contributed by atoms with Crippen molar-refractivity contribution < 1.29 is 0 Å². The van der Waals surface area contributed by atoms with Crippen LogP contribution in [-0.4, -0.2) is 15.2 Å². The SMILES string of the molecule is CC(C)c1ccc(-c2nc(CSc3nnc(NCc4ccccc4)s3)cs2)cc1. The predicted octanol–water partition coefficient (Wildman–Crippen LogP) is 6.69. The highest BCUT2D eigenvalue weighted by Gasteiger charge is 2.09. The van der Waals surface area contributed by atoms with E-state index in [1.54, 1.807) is 34.4 Å². The fourth-order valence-corrected chi connectivity index (χ4v) is 5.34. The first-order chi connectivity index (χ1) is 14.2. The number of rotatable bonds is 8. The second-order valence-corrected chi connectivity index (χ2v) is 9.98. The summed E-state index contributed by atoms with van der Waals surface area (Å²) in [7, 11) is 0. The van der Waals surface area contributed by atoms with Gasteiger partial charge in [-0.05, 0) is 17.0 Å². The molecule has 0 atom stereocenters. The fourth-order valence-electron chi connectivity index (χ4n) is 2.77. The third-order valence-corrected chi connectivity index (χ3v) is 7.40. The van der Waals surface area contributed by atoms with Crippen LogP contribution < -0.4 is 5.32 Å². The van der Waals surface area contributed by atoms with Gasteiger partial charge in [0, 0.05) is 23.2 Å². The molecule has 7 heteroatoms. The molecule has 0 aliphatic rings. The quantitative estimate of drug-likeness (QED) is 0.311. The third kappa shape index (κ3) is 5.44. The molecule has 0 aliphatic carbocycles. The number of anilines is 1. The molecule has 0 unspecified atom stereocenters. The summed E-state index contributed by atoms with van der Waals surface area (Å²) in [5, 5.41) is 15.9. The van der Waals surface area contributed by atoms with Gasteiger partial charge in [-0.3, -0.25) is 0 Å². The molecule has 148 valence electrons. The first-order valence-electron chi connectivity index (χ1n) is 9.46. The van der Waals surface area contributed by atoms with Crippen LogP contribution >= 0.6 is 34.4 Å². The van der Waals surface area contributed by atoms with E-state index in [2.05, 4.69) is 71.1 Å². The summed E-state index contributed by atoms with van der Waals surface area (Å²) >= 11 is 4.96. The molecule has 2 aromatic heterocycles. The first-order valence-corrected chi connectivity index (χ1v) is 12.1. The van der Waals surface area contributed by atoms with Crippen molar-refractivity contribution >= 4 is 39.6 Å². The summed E-state index contributed by atoms with van der Waals surface area (Å²) < 4.78 is 0.955. The molecular weight excluding hydrogens is 416 g/mol. The maximum Gasteiger partial charge on any atom is 0.206 e. The van der Waals surface area contributed by atoms with Crippen molar-refractivity contribution in [1.29, 1.82) is 0 Å². The van der Waals surface area contributed by atoms with Gasteiger partial charge in [-0.15, -0.1) is 21.5 Å². The standard InChI is InChI=1S/C22H22N4S3/c1-15(2)17-8-10-18(11-9-17)20-24-19(13-27-20)14-28-22-26-25-21(29-22)23-12-16-6-4-3-5-7-16/h3-11,13,15H,12,14H2,1-2H3,(H,23,25). The van der Waals surface area contributed by atoms with Crippen LogP contribution in [0.1, 0.15) is 36.6 Å². The van der Waals surface area contributed by atoms with Crippen LogP contribution in [0.3, 0.4) is 0 Å². The molecule has 2 heterocycles. The van der Waals surface area contributed by atoms with Crippen LogP contribution in [0, 0.1) is 0 Å². The number of nitrogens with zero attached hydrogens (tertiary/aromatic N) is 3. The molecule has 0 fully saturated rings. The van der Waals surface area contributed by atoms with Gasteiger partial charge in [0.05, 0.1) is 5.69 Å². The molecule has 0 bridgehead atoms. The number of hydrogen-bond acceptors (Lipinski definition) is 7. The molecular formula is C22H22N4S3. The van der Waals surface area contributed by atoms with Crippen molar-refractivity contribution in [2.75, 3.05) is 5.32 Å². The van der Waals surface area contributed by atoms with E-state index in [0.29, 0.717) is 5.92 Å². The van der Waals surface area contributed by atoms with E-state index in [1.807, 2.05) is 18.2 Å². The van der Waals surface area contributed by atoms with Gasteiger partial charge in [0.1, 0.15) is 5.01 Å². The van der Waals surface area contributed by atoms with Crippen molar-refractivity contribution in [3.63, 3.8) is 0 Å². The van der Waals surface area contributed by atoms with Crippen molar-refractivity contribution in [1.82, 2.24) is 15.2 Å². The second-order valence-electron chi connectivity index (χ2n) is 6.92. The molecule has 0 spiro atoms. The van der Waals surface area contributed by atoms with E-state index in [0.717, 1.165) is 32.5 Å². The lowest BCUT2D eigenvalue weighted by Gasteiger charge is -2.05. The van der Waals surface area contributed by atoms with Crippen molar-refractivity contribution in [3.05, 3.63) is 76.8 Å². The minimum Gasteiger partial charge on any atom is -0.356 e.